The Balaban J connectivity index is 1.45. The number of nitrogens with zero attached hydrogens (tertiary/aromatic N) is 1. The van der Waals surface area contributed by atoms with Gasteiger partial charge in [0.2, 0.25) is 0 Å². The first-order chi connectivity index (χ1) is 13.5. The van der Waals surface area contributed by atoms with E-state index in [1.807, 2.05) is 19.1 Å². The van der Waals surface area contributed by atoms with E-state index in [0.29, 0.717) is 23.7 Å². The first kappa shape index (κ1) is 20.2. The molecule has 0 bridgehead atoms. The predicted molar refractivity (Wildman–Crippen MR) is 111 cm³/mol. The molecule has 0 saturated carbocycles. The Labute approximate surface area is 169 Å². The molecule has 2 N–H and O–H groups in total. The molecule has 2 amide bonds. The van der Waals surface area contributed by atoms with Crippen molar-refractivity contribution in [1.29, 1.82) is 0 Å². The van der Waals surface area contributed by atoms with Crippen LogP contribution in [-0.2, 0) is 20.7 Å². The predicted octanol–water partition coefficient (Wildman–Crippen LogP) is 2.78. The van der Waals surface area contributed by atoms with Crippen LogP contribution in [0.5, 0.6) is 0 Å². The molecule has 1 heterocycles. The van der Waals surface area contributed by atoms with Crippen molar-refractivity contribution in [3.63, 3.8) is 0 Å². The van der Waals surface area contributed by atoms with E-state index in [1.165, 1.54) is 5.69 Å². The van der Waals surface area contributed by atoms with Gasteiger partial charge in [-0.1, -0.05) is 29.8 Å². The number of aryl methyl sites for hydroxylation is 1. The summed E-state index contributed by atoms with van der Waals surface area (Å²) in [6.45, 7) is 5.53. The van der Waals surface area contributed by atoms with Crippen LogP contribution in [0.2, 0.25) is 5.02 Å². The second-order valence-electron chi connectivity index (χ2n) is 6.69. The highest BCUT2D eigenvalue weighted by Crippen LogP contribution is 2.20. The van der Waals surface area contributed by atoms with Gasteiger partial charge in [-0.2, -0.15) is 0 Å². The molecule has 1 saturated heterocycles. The maximum atomic E-state index is 12.1. The lowest BCUT2D eigenvalue weighted by Crippen LogP contribution is -2.36. The summed E-state index contributed by atoms with van der Waals surface area (Å²) in [6, 6.07) is 13.4. The summed E-state index contributed by atoms with van der Waals surface area (Å²) < 4.78 is 5.37. The number of halogens is 1. The Kier molecular flexibility index (Phi) is 6.90. The van der Waals surface area contributed by atoms with Gasteiger partial charge in [0.1, 0.15) is 0 Å². The van der Waals surface area contributed by atoms with Crippen molar-refractivity contribution >= 4 is 34.8 Å². The Morgan fingerprint density at radius 1 is 1.07 bits per heavy atom. The van der Waals surface area contributed by atoms with Gasteiger partial charge < -0.3 is 20.3 Å². The highest BCUT2D eigenvalue weighted by atomic mass is 35.5. The molecule has 0 unspecified atom stereocenters. The van der Waals surface area contributed by atoms with E-state index in [-0.39, 0.29) is 0 Å². The molecule has 1 fully saturated rings. The van der Waals surface area contributed by atoms with Crippen LogP contribution >= 0.6 is 11.6 Å². The summed E-state index contributed by atoms with van der Waals surface area (Å²) >= 11 is 5.93. The number of carbonyl (C=O) groups excluding carboxylic acids is 2. The quantitative estimate of drug-likeness (QED) is 0.756. The molecule has 0 aliphatic carbocycles. The maximum Gasteiger partial charge on any atom is 0.313 e. The van der Waals surface area contributed by atoms with Crippen molar-refractivity contribution in [1.82, 2.24) is 5.32 Å². The van der Waals surface area contributed by atoms with Crippen molar-refractivity contribution in [3.8, 4) is 0 Å². The van der Waals surface area contributed by atoms with Gasteiger partial charge in [0.25, 0.3) is 0 Å². The molecule has 3 rings (SSSR count). The Hall–Kier alpha value is -2.57. The monoisotopic (exact) mass is 401 g/mol. The van der Waals surface area contributed by atoms with Crippen molar-refractivity contribution in [2.75, 3.05) is 43.1 Å². The van der Waals surface area contributed by atoms with Crippen LogP contribution in [0.15, 0.2) is 42.5 Å². The summed E-state index contributed by atoms with van der Waals surface area (Å²) in [7, 11) is 0. The minimum Gasteiger partial charge on any atom is -0.378 e. The topological polar surface area (TPSA) is 70.7 Å². The fourth-order valence-corrected chi connectivity index (χ4v) is 3.18. The van der Waals surface area contributed by atoms with Crippen LogP contribution in [0.1, 0.15) is 11.1 Å². The van der Waals surface area contributed by atoms with Crippen LogP contribution < -0.4 is 15.5 Å². The molecule has 2 aromatic rings. The average Bonchev–Trinajstić information content (AvgIpc) is 2.72. The SMILES string of the molecule is Cc1ccc(Cl)cc1NC(=O)C(=O)NCCc1ccc(N2CCOCC2)cc1. The molecular weight excluding hydrogens is 378 g/mol. The third-order valence-corrected chi connectivity index (χ3v) is 4.90. The minimum absolute atomic E-state index is 0.387. The molecule has 0 radical (unpaired) electrons. The smallest absolute Gasteiger partial charge is 0.313 e. The molecule has 0 spiro atoms. The van der Waals surface area contributed by atoms with Crippen LogP contribution in [0.25, 0.3) is 0 Å². The number of amides is 2. The second-order valence-corrected chi connectivity index (χ2v) is 7.12. The zero-order valence-electron chi connectivity index (χ0n) is 15.8. The number of hydrogen-bond acceptors (Lipinski definition) is 4. The van der Waals surface area contributed by atoms with Crippen LogP contribution in [0, 0.1) is 6.92 Å². The van der Waals surface area contributed by atoms with E-state index in [4.69, 9.17) is 16.3 Å². The largest absolute Gasteiger partial charge is 0.378 e. The van der Waals surface area contributed by atoms with Crippen LogP contribution in [-0.4, -0.2) is 44.7 Å². The van der Waals surface area contributed by atoms with E-state index >= 15 is 0 Å². The molecule has 148 valence electrons. The van der Waals surface area contributed by atoms with Gasteiger partial charge in [0.05, 0.1) is 13.2 Å². The Morgan fingerprint density at radius 2 is 1.79 bits per heavy atom. The lowest BCUT2D eigenvalue weighted by molar-refractivity contribution is -0.136. The number of benzene rings is 2. The summed E-state index contributed by atoms with van der Waals surface area (Å²) in [5.74, 6) is -1.36. The van der Waals surface area contributed by atoms with Gasteiger partial charge >= 0.3 is 11.8 Å². The van der Waals surface area contributed by atoms with E-state index in [1.54, 1.807) is 18.2 Å². The second kappa shape index (κ2) is 9.57. The first-order valence-electron chi connectivity index (χ1n) is 9.30. The third kappa shape index (κ3) is 5.47. The highest BCUT2D eigenvalue weighted by molar-refractivity contribution is 6.40. The van der Waals surface area contributed by atoms with Gasteiger partial charge in [-0.05, 0) is 48.7 Å². The number of carbonyl (C=O) groups is 2. The van der Waals surface area contributed by atoms with Crippen molar-refractivity contribution in [2.24, 2.45) is 0 Å². The first-order valence-corrected chi connectivity index (χ1v) is 9.68. The van der Waals surface area contributed by atoms with Crippen molar-refractivity contribution < 1.29 is 14.3 Å². The highest BCUT2D eigenvalue weighted by Gasteiger charge is 2.15. The van der Waals surface area contributed by atoms with Crippen LogP contribution in [0.3, 0.4) is 0 Å². The number of morpholine rings is 1. The van der Waals surface area contributed by atoms with Gasteiger partial charge in [0, 0.05) is 36.0 Å². The van der Waals surface area contributed by atoms with Crippen LogP contribution in [0.4, 0.5) is 11.4 Å². The van der Waals surface area contributed by atoms with Crippen molar-refractivity contribution in [3.05, 3.63) is 58.6 Å². The maximum absolute atomic E-state index is 12.1. The normalized spacial score (nSPS) is 13.9. The number of rotatable bonds is 5. The van der Waals surface area contributed by atoms with E-state index < -0.39 is 11.8 Å². The molecule has 0 atom stereocenters. The molecule has 28 heavy (non-hydrogen) atoms. The van der Waals surface area contributed by atoms with E-state index in [2.05, 4.69) is 27.7 Å². The summed E-state index contributed by atoms with van der Waals surface area (Å²) in [6.07, 6.45) is 0.651. The third-order valence-electron chi connectivity index (χ3n) is 4.67. The van der Waals surface area contributed by atoms with Crippen molar-refractivity contribution in [2.45, 2.75) is 13.3 Å². The molecular formula is C21H24ClN3O3. The fraction of sp³-hybridized carbons (Fsp3) is 0.333. The number of nitrogens with one attached hydrogen (secondary N) is 2. The molecule has 7 heteroatoms. The lowest BCUT2D eigenvalue weighted by atomic mass is 10.1. The summed E-state index contributed by atoms with van der Waals surface area (Å²) in [5.41, 5.74) is 3.65. The molecule has 0 aromatic heterocycles. The lowest BCUT2D eigenvalue weighted by Gasteiger charge is -2.28. The standard InChI is InChI=1S/C21H24ClN3O3/c1-15-2-5-17(22)14-19(15)24-21(27)20(26)23-9-8-16-3-6-18(7-4-16)25-10-12-28-13-11-25/h2-7,14H,8-13H2,1H3,(H,23,26)(H,24,27). The fourth-order valence-electron chi connectivity index (χ4n) is 3.00. The van der Waals surface area contributed by atoms with E-state index in [0.717, 1.165) is 37.4 Å². The molecule has 1 aliphatic heterocycles. The van der Waals surface area contributed by atoms with Gasteiger partial charge in [-0.15, -0.1) is 0 Å². The molecule has 6 nitrogen and oxygen atoms in total. The Bertz CT molecular complexity index is 833. The van der Waals surface area contributed by atoms with Gasteiger partial charge in [-0.25, -0.2) is 0 Å². The minimum atomic E-state index is -0.701. The molecule has 2 aromatic carbocycles. The molecule has 1 aliphatic rings. The van der Waals surface area contributed by atoms with E-state index in [9.17, 15) is 9.59 Å². The Morgan fingerprint density at radius 3 is 2.50 bits per heavy atom. The zero-order valence-corrected chi connectivity index (χ0v) is 16.6. The number of anilines is 2. The number of ether oxygens (including phenoxy) is 1. The summed E-state index contributed by atoms with van der Waals surface area (Å²) in [5, 5.41) is 5.75. The number of hydrogen-bond donors (Lipinski definition) is 2. The average molecular weight is 402 g/mol. The zero-order chi connectivity index (χ0) is 19.9. The van der Waals surface area contributed by atoms with Gasteiger partial charge in [-0.3, -0.25) is 9.59 Å². The summed E-state index contributed by atoms with van der Waals surface area (Å²) in [4.78, 5) is 26.4. The van der Waals surface area contributed by atoms with Gasteiger partial charge in [0.15, 0.2) is 0 Å².